The van der Waals surface area contributed by atoms with Gasteiger partial charge in [-0.15, -0.1) is 0 Å². The molecule has 0 heterocycles. The van der Waals surface area contributed by atoms with Crippen LogP contribution in [-0.4, -0.2) is 23.9 Å². The second kappa shape index (κ2) is 5.23. The Morgan fingerprint density at radius 2 is 2.05 bits per heavy atom. The maximum absolute atomic E-state index is 9.52. The zero-order chi connectivity index (χ0) is 13.3. The summed E-state index contributed by atoms with van der Waals surface area (Å²) < 4.78 is 6.08. The third-order valence-electron chi connectivity index (χ3n) is 4.55. The molecule has 0 amide bonds. The first-order valence-corrected chi connectivity index (χ1v) is 7.32. The van der Waals surface area contributed by atoms with Crippen LogP contribution in [0.25, 0.3) is 0 Å². The highest BCUT2D eigenvalue weighted by Gasteiger charge is 2.42. The Labute approximate surface area is 114 Å². The van der Waals surface area contributed by atoms with E-state index in [0.29, 0.717) is 12.5 Å². The molecule has 0 radical (unpaired) electrons. The highest BCUT2D eigenvalue weighted by atomic mass is 16.5. The van der Waals surface area contributed by atoms with Gasteiger partial charge in [0.25, 0.3) is 0 Å². The molecule has 2 aliphatic carbocycles. The minimum absolute atomic E-state index is 0.0199. The van der Waals surface area contributed by atoms with Crippen molar-refractivity contribution in [2.45, 2.75) is 43.7 Å². The fourth-order valence-electron chi connectivity index (χ4n) is 3.09. The number of hydrogen-bond acceptors (Lipinski definition) is 3. The molecule has 2 aliphatic rings. The van der Waals surface area contributed by atoms with Crippen LogP contribution in [0, 0.1) is 5.92 Å². The lowest BCUT2D eigenvalue weighted by Gasteiger charge is -2.32. The van der Waals surface area contributed by atoms with Crippen LogP contribution in [0.2, 0.25) is 0 Å². The molecule has 2 atom stereocenters. The number of nitrogens with two attached hydrogens (primary N) is 1. The standard InChI is InChI=1S/C16H23NO2/c17-16(10-18,13-8-9-13)11-19-15-7-3-5-12-4-1-2-6-14(12)15/h1-2,4,6,13,15,18H,3,5,7-11,17H2. The first kappa shape index (κ1) is 13.1. The van der Waals surface area contributed by atoms with Gasteiger partial charge in [0.15, 0.2) is 0 Å². The number of rotatable bonds is 5. The normalized spacial score (nSPS) is 25.7. The molecule has 3 N–H and O–H groups in total. The van der Waals surface area contributed by atoms with Crippen molar-refractivity contribution >= 4 is 0 Å². The summed E-state index contributed by atoms with van der Waals surface area (Å²) in [5.41, 5.74) is 8.44. The van der Waals surface area contributed by atoms with Crippen molar-refractivity contribution in [1.82, 2.24) is 0 Å². The fraction of sp³-hybridized carbons (Fsp3) is 0.625. The van der Waals surface area contributed by atoms with Crippen LogP contribution in [0.1, 0.15) is 42.9 Å². The first-order chi connectivity index (χ1) is 9.23. The van der Waals surface area contributed by atoms with Crippen molar-refractivity contribution in [3.63, 3.8) is 0 Å². The molecular formula is C16H23NO2. The second-order valence-electron chi connectivity index (χ2n) is 6.06. The van der Waals surface area contributed by atoms with E-state index < -0.39 is 5.54 Å². The Morgan fingerprint density at radius 3 is 2.79 bits per heavy atom. The predicted molar refractivity (Wildman–Crippen MR) is 74.8 cm³/mol. The summed E-state index contributed by atoms with van der Waals surface area (Å²) in [5, 5.41) is 9.52. The van der Waals surface area contributed by atoms with Crippen molar-refractivity contribution in [2.24, 2.45) is 11.7 Å². The summed E-state index contributed by atoms with van der Waals surface area (Å²) in [6, 6.07) is 8.51. The number of aliphatic hydroxyl groups is 1. The topological polar surface area (TPSA) is 55.5 Å². The highest BCUT2D eigenvalue weighted by Crippen LogP contribution is 2.40. The fourth-order valence-corrected chi connectivity index (χ4v) is 3.09. The van der Waals surface area contributed by atoms with E-state index in [1.54, 1.807) is 0 Å². The third kappa shape index (κ3) is 2.69. The highest BCUT2D eigenvalue weighted by molar-refractivity contribution is 5.31. The Balaban J connectivity index is 1.68. The van der Waals surface area contributed by atoms with E-state index >= 15 is 0 Å². The van der Waals surface area contributed by atoms with Crippen LogP contribution in [0.3, 0.4) is 0 Å². The second-order valence-corrected chi connectivity index (χ2v) is 6.06. The number of aliphatic hydroxyl groups excluding tert-OH is 1. The van der Waals surface area contributed by atoms with Crippen molar-refractivity contribution in [2.75, 3.05) is 13.2 Å². The maximum Gasteiger partial charge on any atom is 0.0828 e. The van der Waals surface area contributed by atoms with E-state index in [2.05, 4.69) is 24.3 Å². The van der Waals surface area contributed by atoms with Crippen molar-refractivity contribution in [3.8, 4) is 0 Å². The van der Waals surface area contributed by atoms with E-state index in [9.17, 15) is 5.11 Å². The zero-order valence-corrected chi connectivity index (χ0v) is 11.3. The average Bonchev–Trinajstić information content (AvgIpc) is 3.30. The van der Waals surface area contributed by atoms with E-state index in [1.165, 1.54) is 17.5 Å². The molecule has 1 aromatic rings. The maximum atomic E-state index is 9.52. The minimum Gasteiger partial charge on any atom is -0.394 e. The molecule has 3 heteroatoms. The van der Waals surface area contributed by atoms with Crippen molar-refractivity contribution < 1.29 is 9.84 Å². The van der Waals surface area contributed by atoms with E-state index in [0.717, 1.165) is 25.7 Å². The van der Waals surface area contributed by atoms with Crippen LogP contribution in [0.5, 0.6) is 0 Å². The zero-order valence-electron chi connectivity index (χ0n) is 11.3. The van der Waals surface area contributed by atoms with Gasteiger partial charge in [0.2, 0.25) is 0 Å². The number of fused-ring (bicyclic) bond motifs is 1. The molecule has 0 bridgehead atoms. The van der Waals surface area contributed by atoms with Gasteiger partial charge in [-0.2, -0.15) is 0 Å². The van der Waals surface area contributed by atoms with Crippen LogP contribution in [0.15, 0.2) is 24.3 Å². The lowest BCUT2D eigenvalue weighted by molar-refractivity contribution is -0.0124. The van der Waals surface area contributed by atoms with Gasteiger partial charge in [-0.05, 0) is 49.1 Å². The first-order valence-electron chi connectivity index (χ1n) is 7.32. The Kier molecular flexibility index (Phi) is 3.61. The molecule has 1 aromatic carbocycles. The van der Waals surface area contributed by atoms with Crippen molar-refractivity contribution in [3.05, 3.63) is 35.4 Å². The molecule has 0 aliphatic heterocycles. The molecular weight excluding hydrogens is 238 g/mol. The minimum atomic E-state index is -0.535. The molecule has 1 fully saturated rings. The molecule has 3 rings (SSSR count). The van der Waals surface area contributed by atoms with Gasteiger partial charge in [0.1, 0.15) is 0 Å². The average molecular weight is 261 g/mol. The number of aryl methyl sites for hydroxylation is 1. The molecule has 0 spiro atoms. The van der Waals surface area contributed by atoms with E-state index in [-0.39, 0.29) is 12.7 Å². The molecule has 0 aromatic heterocycles. The van der Waals surface area contributed by atoms with Gasteiger partial charge in [0.05, 0.1) is 24.9 Å². The van der Waals surface area contributed by atoms with Crippen LogP contribution >= 0.6 is 0 Å². The van der Waals surface area contributed by atoms with E-state index in [1.807, 2.05) is 0 Å². The number of hydrogen-bond donors (Lipinski definition) is 2. The lowest BCUT2D eigenvalue weighted by atomic mass is 9.89. The van der Waals surface area contributed by atoms with Gasteiger partial charge in [-0.3, -0.25) is 0 Å². The SMILES string of the molecule is NC(CO)(COC1CCCc2ccccc21)C1CC1. The van der Waals surface area contributed by atoms with Crippen molar-refractivity contribution in [1.29, 1.82) is 0 Å². The molecule has 3 nitrogen and oxygen atoms in total. The number of benzene rings is 1. The molecule has 1 saturated carbocycles. The predicted octanol–water partition coefficient (Wildman–Crippen LogP) is 2.18. The van der Waals surface area contributed by atoms with Crippen LogP contribution in [0.4, 0.5) is 0 Å². The summed E-state index contributed by atoms with van der Waals surface area (Å²) >= 11 is 0. The molecule has 0 saturated heterocycles. The molecule has 19 heavy (non-hydrogen) atoms. The lowest BCUT2D eigenvalue weighted by Crippen LogP contribution is -2.50. The van der Waals surface area contributed by atoms with Gasteiger partial charge >= 0.3 is 0 Å². The quantitative estimate of drug-likeness (QED) is 0.854. The number of ether oxygens (including phenoxy) is 1. The molecule has 2 unspecified atom stereocenters. The summed E-state index contributed by atoms with van der Waals surface area (Å²) in [4.78, 5) is 0. The summed E-state index contributed by atoms with van der Waals surface area (Å²) in [6.07, 6.45) is 5.78. The Hall–Kier alpha value is -0.900. The Morgan fingerprint density at radius 1 is 1.26 bits per heavy atom. The summed E-state index contributed by atoms with van der Waals surface area (Å²) in [5.74, 6) is 0.441. The van der Waals surface area contributed by atoms with Gasteiger partial charge in [0, 0.05) is 0 Å². The van der Waals surface area contributed by atoms with Crippen LogP contribution in [-0.2, 0) is 11.2 Å². The monoisotopic (exact) mass is 261 g/mol. The van der Waals surface area contributed by atoms with E-state index in [4.69, 9.17) is 10.5 Å². The van der Waals surface area contributed by atoms with Gasteiger partial charge < -0.3 is 15.6 Å². The molecule has 104 valence electrons. The summed E-state index contributed by atoms with van der Waals surface area (Å²) in [7, 11) is 0. The van der Waals surface area contributed by atoms with Crippen LogP contribution < -0.4 is 5.73 Å². The van der Waals surface area contributed by atoms with Gasteiger partial charge in [-0.1, -0.05) is 24.3 Å². The smallest absolute Gasteiger partial charge is 0.0828 e. The summed E-state index contributed by atoms with van der Waals surface area (Å²) in [6.45, 7) is 0.485. The van der Waals surface area contributed by atoms with Gasteiger partial charge in [-0.25, -0.2) is 0 Å². The Bertz CT molecular complexity index is 444. The largest absolute Gasteiger partial charge is 0.394 e. The third-order valence-corrected chi connectivity index (χ3v) is 4.55.